The van der Waals surface area contributed by atoms with E-state index < -0.39 is 0 Å². The molecule has 0 N–H and O–H groups in total. The maximum absolute atomic E-state index is 2.51. The Kier molecular flexibility index (Phi) is 4.66. The summed E-state index contributed by atoms with van der Waals surface area (Å²) in [4.78, 5) is 0. The Bertz CT molecular complexity index is 421. The number of hydrogen-bond donors (Lipinski definition) is 0. The van der Waals surface area contributed by atoms with Crippen molar-refractivity contribution in [2.24, 2.45) is 10.8 Å². The van der Waals surface area contributed by atoms with Crippen LogP contribution in [-0.2, 0) is 5.75 Å². The lowest BCUT2D eigenvalue weighted by Gasteiger charge is -2.48. The zero-order valence-corrected chi connectivity index (χ0v) is 13.8. The van der Waals surface area contributed by atoms with Gasteiger partial charge in [-0.15, -0.1) is 0 Å². The van der Waals surface area contributed by atoms with E-state index in [1.807, 2.05) is 0 Å². The lowest BCUT2D eigenvalue weighted by molar-refractivity contribution is 0.0568. The summed E-state index contributed by atoms with van der Waals surface area (Å²) < 4.78 is 0. The highest BCUT2D eigenvalue weighted by molar-refractivity contribution is 7.98. The SMILES string of the molecule is Cc1ccccc1CSC[C@]1(C)CCCCC1(C)C. The molecule has 0 nitrogen and oxygen atoms in total. The zero-order chi connectivity index (χ0) is 13.9. The molecule has 1 saturated carbocycles. The van der Waals surface area contributed by atoms with Crippen molar-refractivity contribution >= 4 is 11.8 Å². The Hall–Kier alpha value is -0.430. The topological polar surface area (TPSA) is 0 Å². The fourth-order valence-corrected chi connectivity index (χ4v) is 4.78. The maximum Gasteiger partial charge on any atom is 0.0187 e. The van der Waals surface area contributed by atoms with Crippen LogP contribution < -0.4 is 0 Å². The monoisotopic (exact) mass is 276 g/mol. The summed E-state index contributed by atoms with van der Waals surface area (Å²) in [6, 6.07) is 8.79. The van der Waals surface area contributed by atoms with Crippen LogP contribution in [0.3, 0.4) is 0 Å². The van der Waals surface area contributed by atoms with Crippen molar-refractivity contribution < 1.29 is 0 Å². The van der Waals surface area contributed by atoms with Gasteiger partial charge in [-0.1, -0.05) is 57.9 Å². The molecule has 0 bridgehead atoms. The normalized spacial score (nSPS) is 26.3. The second-order valence-electron chi connectivity index (χ2n) is 7.07. The Balaban J connectivity index is 1.93. The van der Waals surface area contributed by atoms with Crippen molar-refractivity contribution in [3.05, 3.63) is 35.4 Å². The molecule has 1 fully saturated rings. The minimum atomic E-state index is 0.504. The predicted octanol–water partition coefficient (Wildman–Crippen LogP) is 5.83. The highest BCUT2D eigenvalue weighted by Crippen LogP contribution is 2.51. The van der Waals surface area contributed by atoms with Gasteiger partial charge in [0.25, 0.3) is 0 Å². The van der Waals surface area contributed by atoms with Gasteiger partial charge in [0.2, 0.25) is 0 Å². The van der Waals surface area contributed by atoms with E-state index >= 15 is 0 Å². The largest absolute Gasteiger partial charge is 0.157 e. The standard InChI is InChI=1S/C18H28S/c1-15-9-5-6-10-16(15)13-19-14-18(4)12-8-7-11-17(18,2)3/h5-6,9-10H,7-8,11-14H2,1-4H3/t18-/m0/s1. The first-order chi connectivity index (χ1) is 8.95. The third-order valence-corrected chi connectivity index (χ3v) is 6.71. The van der Waals surface area contributed by atoms with Crippen molar-refractivity contribution in [3.8, 4) is 0 Å². The van der Waals surface area contributed by atoms with E-state index in [2.05, 4.69) is 63.7 Å². The number of aryl methyl sites for hydroxylation is 1. The fraction of sp³-hybridized carbons (Fsp3) is 0.667. The molecule has 1 aromatic carbocycles. The van der Waals surface area contributed by atoms with Gasteiger partial charge in [0.05, 0.1) is 0 Å². The molecule has 1 aromatic rings. The fourth-order valence-electron chi connectivity index (χ4n) is 3.15. The molecule has 2 rings (SSSR count). The molecular formula is C18H28S. The van der Waals surface area contributed by atoms with E-state index in [0.29, 0.717) is 10.8 Å². The molecule has 1 aliphatic rings. The average molecular weight is 276 g/mol. The molecule has 0 saturated heterocycles. The molecule has 0 unspecified atom stereocenters. The van der Waals surface area contributed by atoms with E-state index in [9.17, 15) is 0 Å². The van der Waals surface area contributed by atoms with Crippen LogP contribution in [0.2, 0.25) is 0 Å². The van der Waals surface area contributed by atoms with Crippen LogP contribution in [0.4, 0.5) is 0 Å². The van der Waals surface area contributed by atoms with Crippen LogP contribution in [-0.4, -0.2) is 5.75 Å². The van der Waals surface area contributed by atoms with Gasteiger partial charge in [-0.05, 0) is 47.5 Å². The van der Waals surface area contributed by atoms with Crippen LogP contribution in [0.1, 0.15) is 57.6 Å². The van der Waals surface area contributed by atoms with Gasteiger partial charge in [0.1, 0.15) is 0 Å². The first kappa shape index (κ1) is 15.0. The number of hydrogen-bond acceptors (Lipinski definition) is 1. The van der Waals surface area contributed by atoms with Gasteiger partial charge in [-0.3, -0.25) is 0 Å². The van der Waals surface area contributed by atoms with Gasteiger partial charge in [0.15, 0.2) is 0 Å². The summed E-state index contributed by atoms with van der Waals surface area (Å²) in [5.74, 6) is 2.46. The minimum absolute atomic E-state index is 0.504. The van der Waals surface area contributed by atoms with Gasteiger partial charge in [-0.25, -0.2) is 0 Å². The molecule has 0 spiro atoms. The van der Waals surface area contributed by atoms with Crippen molar-refractivity contribution in [1.82, 2.24) is 0 Å². The molecule has 0 amide bonds. The predicted molar refractivity (Wildman–Crippen MR) is 87.7 cm³/mol. The summed E-state index contributed by atoms with van der Waals surface area (Å²) in [7, 11) is 0. The van der Waals surface area contributed by atoms with Crippen molar-refractivity contribution in [1.29, 1.82) is 0 Å². The molecule has 1 heteroatoms. The van der Waals surface area contributed by atoms with E-state index in [0.717, 1.165) is 0 Å². The summed E-state index contributed by atoms with van der Waals surface area (Å²) in [6.45, 7) is 9.68. The molecular weight excluding hydrogens is 248 g/mol. The number of benzene rings is 1. The lowest BCUT2D eigenvalue weighted by atomic mass is 9.60. The molecule has 1 atom stereocenters. The zero-order valence-electron chi connectivity index (χ0n) is 13.0. The number of rotatable bonds is 4. The van der Waals surface area contributed by atoms with Gasteiger partial charge in [0, 0.05) is 5.75 Å². The van der Waals surface area contributed by atoms with Crippen molar-refractivity contribution in [2.75, 3.05) is 5.75 Å². The Morgan fingerprint density at radius 2 is 1.74 bits per heavy atom. The summed E-state index contributed by atoms with van der Waals surface area (Å²) in [5.41, 5.74) is 3.95. The first-order valence-electron chi connectivity index (χ1n) is 7.57. The minimum Gasteiger partial charge on any atom is -0.157 e. The number of thioether (sulfide) groups is 1. The maximum atomic E-state index is 2.51. The Morgan fingerprint density at radius 3 is 2.42 bits per heavy atom. The van der Waals surface area contributed by atoms with E-state index in [-0.39, 0.29) is 0 Å². The smallest absolute Gasteiger partial charge is 0.0187 e. The van der Waals surface area contributed by atoms with Crippen molar-refractivity contribution in [3.63, 3.8) is 0 Å². The van der Waals surface area contributed by atoms with Gasteiger partial charge >= 0.3 is 0 Å². The summed E-state index contributed by atoms with van der Waals surface area (Å²) in [5, 5.41) is 0. The summed E-state index contributed by atoms with van der Waals surface area (Å²) >= 11 is 2.13. The molecule has 0 radical (unpaired) electrons. The van der Waals surface area contributed by atoms with Crippen LogP contribution >= 0.6 is 11.8 Å². The molecule has 0 heterocycles. The molecule has 1 aliphatic carbocycles. The molecule has 106 valence electrons. The Labute approximate surface area is 123 Å². The average Bonchev–Trinajstić information content (AvgIpc) is 2.36. The third kappa shape index (κ3) is 3.37. The molecule has 0 aliphatic heterocycles. The Morgan fingerprint density at radius 1 is 1.05 bits per heavy atom. The highest BCUT2D eigenvalue weighted by atomic mass is 32.2. The van der Waals surface area contributed by atoms with Crippen molar-refractivity contribution in [2.45, 2.75) is 59.1 Å². The molecule has 0 aromatic heterocycles. The first-order valence-corrected chi connectivity index (χ1v) is 8.72. The summed E-state index contributed by atoms with van der Waals surface area (Å²) in [6.07, 6.45) is 5.64. The van der Waals surface area contributed by atoms with Gasteiger partial charge in [-0.2, -0.15) is 11.8 Å². The second-order valence-corrected chi connectivity index (χ2v) is 8.06. The third-order valence-electron chi connectivity index (χ3n) is 5.35. The van der Waals surface area contributed by atoms with Crippen LogP contribution in [0, 0.1) is 17.8 Å². The van der Waals surface area contributed by atoms with E-state index in [1.54, 1.807) is 0 Å². The lowest BCUT2D eigenvalue weighted by Crippen LogP contribution is -2.40. The van der Waals surface area contributed by atoms with E-state index in [1.165, 1.54) is 48.3 Å². The van der Waals surface area contributed by atoms with Crippen LogP contribution in [0.5, 0.6) is 0 Å². The second kappa shape index (κ2) is 5.91. The van der Waals surface area contributed by atoms with Crippen LogP contribution in [0.15, 0.2) is 24.3 Å². The molecule has 19 heavy (non-hydrogen) atoms. The van der Waals surface area contributed by atoms with E-state index in [4.69, 9.17) is 0 Å². The quantitative estimate of drug-likeness (QED) is 0.666. The highest BCUT2D eigenvalue weighted by Gasteiger charge is 2.42. The van der Waals surface area contributed by atoms with Crippen LogP contribution in [0.25, 0.3) is 0 Å². The van der Waals surface area contributed by atoms with Gasteiger partial charge < -0.3 is 0 Å².